The van der Waals surface area contributed by atoms with Crippen molar-refractivity contribution in [3.8, 4) is 17.2 Å². The quantitative estimate of drug-likeness (QED) is 0.617. The normalized spacial score (nSPS) is 13.6. The Hall–Kier alpha value is -3.01. The van der Waals surface area contributed by atoms with E-state index in [1.807, 2.05) is 0 Å². The Morgan fingerprint density at radius 3 is 2.62 bits per heavy atom. The summed E-state index contributed by atoms with van der Waals surface area (Å²) < 4.78 is 45.2. The first kappa shape index (κ1) is 15.9. The van der Waals surface area contributed by atoms with Crippen LogP contribution in [0.5, 0.6) is 17.2 Å². The lowest BCUT2D eigenvalue weighted by atomic mass is 10.2. The molecule has 126 valence electrons. The summed E-state index contributed by atoms with van der Waals surface area (Å²) >= 11 is 0. The topological polar surface area (TPSA) is 125 Å². The third kappa shape index (κ3) is 2.91. The zero-order valence-corrected chi connectivity index (χ0v) is 12.7. The summed E-state index contributed by atoms with van der Waals surface area (Å²) in [7, 11) is -4.26. The van der Waals surface area contributed by atoms with E-state index in [9.17, 15) is 22.7 Å². The number of hydrogen-bond donors (Lipinski definition) is 4. The number of phenolic OH excluding ortho intramolecular Hbond substituents is 2. The molecule has 2 aromatic carbocycles. The summed E-state index contributed by atoms with van der Waals surface area (Å²) in [6.07, 6.45) is 0. The van der Waals surface area contributed by atoms with E-state index in [0.717, 1.165) is 30.3 Å². The highest BCUT2D eigenvalue weighted by Crippen LogP contribution is 2.37. The van der Waals surface area contributed by atoms with Gasteiger partial charge in [0.25, 0.3) is 15.9 Å². The molecule has 8 nitrogen and oxygen atoms in total. The van der Waals surface area contributed by atoms with Gasteiger partial charge in [-0.15, -0.1) is 0 Å². The van der Waals surface area contributed by atoms with Gasteiger partial charge in [0.1, 0.15) is 16.4 Å². The van der Waals surface area contributed by atoms with Gasteiger partial charge in [-0.3, -0.25) is 9.52 Å². The number of ether oxygens (including phenoxy) is 1. The first-order valence-corrected chi connectivity index (χ1v) is 8.05. The molecule has 24 heavy (non-hydrogen) atoms. The Labute approximate surface area is 135 Å². The molecule has 0 spiro atoms. The third-order valence-corrected chi connectivity index (χ3v) is 4.59. The van der Waals surface area contributed by atoms with E-state index in [4.69, 9.17) is 9.84 Å². The fourth-order valence-electron chi connectivity index (χ4n) is 2.09. The smallest absolute Gasteiger partial charge is 0.265 e. The van der Waals surface area contributed by atoms with Crippen LogP contribution in [0.1, 0.15) is 0 Å². The zero-order valence-electron chi connectivity index (χ0n) is 11.9. The second kappa shape index (κ2) is 5.57. The van der Waals surface area contributed by atoms with Gasteiger partial charge in [0.05, 0.1) is 11.4 Å². The van der Waals surface area contributed by atoms with E-state index >= 15 is 0 Å². The Morgan fingerprint density at radius 2 is 1.92 bits per heavy atom. The van der Waals surface area contributed by atoms with Crippen molar-refractivity contribution in [2.45, 2.75) is 4.90 Å². The molecule has 1 amide bonds. The predicted molar refractivity (Wildman–Crippen MR) is 81.1 cm³/mol. The zero-order chi connectivity index (χ0) is 17.5. The van der Waals surface area contributed by atoms with Crippen LogP contribution < -0.4 is 14.8 Å². The predicted octanol–water partition coefficient (Wildman–Crippen LogP) is 1.37. The maximum Gasteiger partial charge on any atom is 0.265 e. The van der Waals surface area contributed by atoms with Crippen molar-refractivity contribution in [3.63, 3.8) is 0 Å². The number of aromatic hydroxyl groups is 2. The number of halogens is 1. The van der Waals surface area contributed by atoms with E-state index in [-0.39, 0.29) is 23.7 Å². The Kier molecular flexibility index (Phi) is 3.68. The van der Waals surface area contributed by atoms with Gasteiger partial charge in [-0.2, -0.15) is 0 Å². The molecular formula is C14H11FN2O6S. The van der Waals surface area contributed by atoms with Crippen molar-refractivity contribution in [1.29, 1.82) is 0 Å². The molecule has 2 aromatic rings. The van der Waals surface area contributed by atoms with Gasteiger partial charge in [-0.25, -0.2) is 12.8 Å². The number of sulfonamides is 1. The number of anilines is 2. The Morgan fingerprint density at radius 1 is 1.17 bits per heavy atom. The molecule has 3 rings (SSSR count). The summed E-state index contributed by atoms with van der Waals surface area (Å²) in [4.78, 5) is 10.7. The Bertz CT molecular complexity index is 945. The SMILES string of the molecule is O=C1COc2cc(S(=O)(=O)Nc3ccc(O)c(F)c3)c(O)cc2N1. The van der Waals surface area contributed by atoms with Gasteiger partial charge in [-0.05, 0) is 12.1 Å². The molecular weight excluding hydrogens is 343 g/mol. The molecule has 0 radical (unpaired) electrons. The summed E-state index contributed by atoms with van der Waals surface area (Å²) in [6, 6.07) is 5.02. The lowest BCUT2D eigenvalue weighted by molar-refractivity contribution is -0.118. The molecule has 0 bridgehead atoms. The van der Waals surface area contributed by atoms with E-state index in [2.05, 4.69) is 10.0 Å². The molecule has 0 saturated carbocycles. The minimum absolute atomic E-state index is 0.0738. The van der Waals surface area contributed by atoms with Gasteiger partial charge >= 0.3 is 0 Å². The van der Waals surface area contributed by atoms with Gasteiger partial charge in [-0.1, -0.05) is 0 Å². The van der Waals surface area contributed by atoms with Crippen LogP contribution in [0.2, 0.25) is 0 Å². The number of carbonyl (C=O) groups excluding carboxylic acids is 1. The van der Waals surface area contributed by atoms with Crippen molar-refractivity contribution in [2.24, 2.45) is 0 Å². The van der Waals surface area contributed by atoms with Crippen molar-refractivity contribution in [2.75, 3.05) is 16.6 Å². The van der Waals surface area contributed by atoms with Crippen LogP contribution in [-0.2, 0) is 14.8 Å². The van der Waals surface area contributed by atoms with Crippen LogP contribution in [0.4, 0.5) is 15.8 Å². The number of phenols is 2. The number of benzene rings is 2. The van der Waals surface area contributed by atoms with Crippen LogP contribution in [-0.4, -0.2) is 31.1 Å². The van der Waals surface area contributed by atoms with E-state index < -0.39 is 38.1 Å². The first-order chi connectivity index (χ1) is 11.3. The summed E-state index contributed by atoms with van der Waals surface area (Å²) in [5.74, 6) is -2.61. The maximum absolute atomic E-state index is 13.3. The lowest BCUT2D eigenvalue weighted by Gasteiger charge is -2.19. The third-order valence-electron chi connectivity index (χ3n) is 3.18. The second-order valence-corrected chi connectivity index (χ2v) is 6.58. The minimum atomic E-state index is -4.26. The molecule has 1 heterocycles. The van der Waals surface area contributed by atoms with Crippen LogP contribution in [0.15, 0.2) is 35.2 Å². The summed E-state index contributed by atoms with van der Waals surface area (Å²) in [5, 5.41) is 21.5. The average molecular weight is 354 g/mol. The molecule has 0 saturated heterocycles. The van der Waals surface area contributed by atoms with Crippen LogP contribution in [0.25, 0.3) is 0 Å². The molecule has 0 aromatic heterocycles. The highest BCUT2D eigenvalue weighted by Gasteiger charge is 2.25. The number of carbonyl (C=O) groups is 1. The fraction of sp³-hybridized carbons (Fsp3) is 0.0714. The van der Waals surface area contributed by atoms with E-state index in [0.29, 0.717) is 0 Å². The molecule has 0 aliphatic carbocycles. The Balaban J connectivity index is 1.97. The van der Waals surface area contributed by atoms with E-state index in [1.54, 1.807) is 0 Å². The molecule has 0 atom stereocenters. The molecule has 1 aliphatic heterocycles. The number of amides is 1. The van der Waals surface area contributed by atoms with Crippen molar-refractivity contribution < 1.29 is 32.6 Å². The first-order valence-electron chi connectivity index (χ1n) is 6.57. The van der Waals surface area contributed by atoms with Gasteiger partial charge < -0.3 is 20.3 Å². The highest BCUT2D eigenvalue weighted by atomic mass is 32.2. The molecule has 10 heteroatoms. The van der Waals surface area contributed by atoms with Gasteiger partial charge in [0.15, 0.2) is 18.2 Å². The number of nitrogens with one attached hydrogen (secondary N) is 2. The second-order valence-electron chi connectivity index (χ2n) is 4.92. The number of rotatable bonds is 3. The number of hydrogen-bond acceptors (Lipinski definition) is 6. The maximum atomic E-state index is 13.3. The van der Waals surface area contributed by atoms with Crippen molar-refractivity contribution >= 4 is 27.3 Å². The van der Waals surface area contributed by atoms with E-state index in [1.165, 1.54) is 0 Å². The average Bonchev–Trinajstić information content (AvgIpc) is 2.49. The monoisotopic (exact) mass is 354 g/mol. The summed E-state index contributed by atoms with van der Waals surface area (Å²) in [5.41, 5.74) is -0.00461. The van der Waals surface area contributed by atoms with Crippen LogP contribution in [0.3, 0.4) is 0 Å². The minimum Gasteiger partial charge on any atom is -0.506 e. The van der Waals surface area contributed by atoms with Gasteiger partial charge in [0.2, 0.25) is 0 Å². The largest absolute Gasteiger partial charge is 0.506 e. The molecule has 0 fully saturated rings. The standard InChI is InChI=1S/C14H11FN2O6S/c15-8-3-7(1-2-10(8)18)17-24(21,22)13-5-12-9(4-11(13)19)16-14(20)6-23-12/h1-5,17-19H,6H2,(H,16,20). The lowest BCUT2D eigenvalue weighted by Crippen LogP contribution is -2.25. The highest BCUT2D eigenvalue weighted by molar-refractivity contribution is 7.92. The molecule has 1 aliphatic rings. The molecule has 4 N–H and O–H groups in total. The van der Waals surface area contributed by atoms with Gasteiger partial charge in [0, 0.05) is 18.2 Å². The number of fused-ring (bicyclic) bond motifs is 1. The summed E-state index contributed by atoms with van der Waals surface area (Å²) in [6.45, 7) is -0.284. The molecule has 0 unspecified atom stereocenters. The van der Waals surface area contributed by atoms with Crippen LogP contribution >= 0.6 is 0 Å². The fourth-order valence-corrected chi connectivity index (χ4v) is 3.24. The van der Waals surface area contributed by atoms with Crippen molar-refractivity contribution in [1.82, 2.24) is 0 Å². The van der Waals surface area contributed by atoms with Crippen molar-refractivity contribution in [3.05, 3.63) is 36.1 Å². The van der Waals surface area contributed by atoms with Crippen LogP contribution in [0, 0.1) is 5.82 Å².